The lowest BCUT2D eigenvalue weighted by Gasteiger charge is -2.25. The van der Waals surface area contributed by atoms with Gasteiger partial charge in [0.2, 0.25) is 11.8 Å². The van der Waals surface area contributed by atoms with Gasteiger partial charge in [0, 0.05) is 13.1 Å². The van der Waals surface area contributed by atoms with Crippen LogP contribution in [0.5, 0.6) is 11.8 Å². The molecule has 0 atom stereocenters. The van der Waals surface area contributed by atoms with Gasteiger partial charge in [-0.1, -0.05) is 40.0 Å². The van der Waals surface area contributed by atoms with Crippen LogP contribution < -0.4 is 14.8 Å². The molecule has 1 N–H and O–H groups in total. The normalized spacial score (nSPS) is 11.5. The Balaban J connectivity index is 2.55. The molecule has 0 aliphatic heterocycles. The molecule has 0 bridgehead atoms. The van der Waals surface area contributed by atoms with Crippen LogP contribution in [0.2, 0.25) is 0 Å². The number of nitrogens with zero attached hydrogens (tertiary/aromatic N) is 2. The maximum Gasteiger partial charge on any atom is 0.224 e. The second-order valence-electron chi connectivity index (χ2n) is 6.10. The number of hydrogen-bond acceptors (Lipinski definition) is 5. The van der Waals surface area contributed by atoms with Gasteiger partial charge < -0.3 is 14.8 Å². The fourth-order valence-corrected chi connectivity index (χ4v) is 2.35. The highest BCUT2D eigenvalue weighted by atomic mass is 16.5. The molecule has 1 aromatic rings. The van der Waals surface area contributed by atoms with Gasteiger partial charge in [0.1, 0.15) is 6.33 Å². The quantitative estimate of drug-likeness (QED) is 0.672. The molecule has 1 heterocycles. The molecule has 0 aliphatic carbocycles. The molecular weight excluding hydrogens is 266 g/mol. The average molecular weight is 295 g/mol. The highest BCUT2D eigenvalue weighted by molar-refractivity contribution is 5.34. The molecule has 0 aromatic carbocycles. The summed E-state index contributed by atoms with van der Waals surface area (Å²) in [7, 11) is 3.22. The Morgan fingerprint density at radius 3 is 2.24 bits per heavy atom. The predicted molar refractivity (Wildman–Crippen MR) is 84.8 cm³/mol. The molecule has 5 nitrogen and oxygen atoms in total. The lowest BCUT2D eigenvalue weighted by atomic mass is 9.87. The number of hydrogen-bond donors (Lipinski definition) is 1. The second-order valence-corrected chi connectivity index (χ2v) is 6.10. The molecule has 0 radical (unpaired) electrons. The fourth-order valence-electron chi connectivity index (χ4n) is 2.35. The van der Waals surface area contributed by atoms with Gasteiger partial charge in [0.15, 0.2) is 0 Å². The molecule has 0 fully saturated rings. The molecule has 0 spiro atoms. The van der Waals surface area contributed by atoms with Crippen LogP contribution in [-0.4, -0.2) is 30.7 Å². The number of ether oxygens (including phenoxy) is 2. The van der Waals surface area contributed by atoms with Crippen molar-refractivity contribution in [3.05, 3.63) is 11.9 Å². The summed E-state index contributed by atoms with van der Waals surface area (Å²) in [5.74, 6) is 1.14. The Labute approximate surface area is 128 Å². The highest BCUT2D eigenvalue weighted by Crippen LogP contribution is 2.25. The topological polar surface area (TPSA) is 56.3 Å². The van der Waals surface area contributed by atoms with Crippen molar-refractivity contribution in [2.24, 2.45) is 5.41 Å². The molecule has 0 aliphatic rings. The van der Waals surface area contributed by atoms with E-state index >= 15 is 0 Å². The Hall–Kier alpha value is -1.36. The van der Waals surface area contributed by atoms with E-state index in [0.717, 1.165) is 12.1 Å². The smallest absolute Gasteiger partial charge is 0.224 e. The van der Waals surface area contributed by atoms with E-state index in [1.54, 1.807) is 14.2 Å². The average Bonchev–Trinajstić information content (AvgIpc) is 2.47. The third-order valence-corrected chi connectivity index (χ3v) is 3.62. The van der Waals surface area contributed by atoms with Crippen molar-refractivity contribution in [3.8, 4) is 11.8 Å². The van der Waals surface area contributed by atoms with Gasteiger partial charge in [-0.05, 0) is 11.8 Å². The molecule has 5 heteroatoms. The van der Waals surface area contributed by atoms with Crippen LogP contribution in [-0.2, 0) is 6.54 Å². The largest absolute Gasteiger partial charge is 0.481 e. The standard InChI is InChI=1S/C16H29N3O2/c1-6-7-8-9-16(2,3)11-17-10-13-14(20-4)18-12-19-15(13)21-5/h12,17H,6-11H2,1-5H3. The molecule has 0 amide bonds. The van der Waals surface area contributed by atoms with Crippen LogP contribution in [0.3, 0.4) is 0 Å². The highest BCUT2D eigenvalue weighted by Gasteiger charge is 2.18. The Bertz CT molecular complexity index is 400. The first-order valence-electron chi connectivity index (χ1n) is 7.66. The summed E-state index contributed by atoms with van der Waals surface area (Å²) in [4.78, 5) is 8.26. The van der Waals surface area contributed by atoms with E-state index in [9.17, 15) is 0 Å². The van der Waals surface area contributed by atoms with Crippen LogP contribution in [0.4, 0.5) is 0 Å². The summed E-state index contributed by atoms with van der Waals surface area (Å²) < 4.78 is 10.6. The van der Waals surface area contributed by atoms with E-state index in [0.29, 0.717) is 18.3 Å². The van der Waals surface area contributed by atoms with E-state index in [1.165, 1.54) is 32.0 Å². The van der Waals surface area contributed by atoms with Gasteiger partial charge in [0.25, 0.3) is 0 Å². The summed E-state index contributed by atoms with van der Waals surface area (Å²) in [5.41, 5.74) is 1.15. The van der Waals surface area contributed by atoms with Gasteiger partial charge in [0.05, 0.1) is 19.8 Å². The Morgan fingerprint density at radius 1 is 1.10 bits per heavy atom. The summed E-state index contributed by atoms with van der Waals surface area (Å²) in [6, 6.07) is 0. The maximum absolute atomic E-state index is 5.28. The first-order valence-corrected chi connectivity index (χ1v) is 7.66. The zero-order valence-electron chi connectivity index (χ0n) is 14.0. The second kappa shape index (κ2) is 8.82. The van der Waals surface area contributed by atoms with E-state index in [2.05, 4.69) is 36.1 Å². The van der Waals surface area contributed by atoms with Crippen molar-refractivity contribution in [3.63, 3.8) is 0 Å². The molecule has 0 saturated carbocycles. The molecule has 0 saturated heterocycles. The van der Waals surface area contributed by atoms with Crippen molar-refractivity contribution in [1.82, 2.24) is 15.3 Å². The SMILES string of the molecule is CCCCCC(C)(C)CNCc1c(OC)ncnc1OC. The van der Waals surface area contributed by atoms with Gasteiger partial charge in [-0.3, -0.25) is 0 Å². The first-order chi connectivity index (χ1) is 10.0. The maximum atomic E-state index is 5.28. The van der Waals surface area contributed by atoms with Gasteiger partial charge in [-0.15, -0.1) is 0 Å². The minimum absolute atomic E-state index is 0.283. The zero-order valence-corrected chi connectivity index (χ0v) is 14.0. The lowest BCUT2D eigenvalue weighted by Crippen LogP contribution is -2.29. The van der Waals surface area contributed by atoms with E-state index in [1.807, 2.05) is 0 Å². The summed E-state index contributed by atoms with van der Waals surface area (Å²) >= 11 is 0. The predicted octanol–water partition coefficient (Wildman–Crippen LogP) is 3.19. The zero-order chi connectivity index (χ0) is 15.7. The van der Waals surface area contributed by atoms with Crippen molar-refractivity contribution >= 4 is 0 Å². The van der Waals surface area contributed by atoms with Gasteiger partial charge in [-0.2, -0.15) is 0 Å². The van der Waals surface area contributed by atoms with Crippen LogP contribution in [0.15, 0.2) is 6.33 Å². The summed E-state index contributed by atoms with van der Waals surface area (Å²) in [6.07, 6.45) is 6.53. The number of methoxy groups -OCH3 is 2. The molecular formula is C16H29N3O2. The van der Waals surface area contributed by atoms with Gasteiger partial charge in [-0.25, -0.2) is 9.97 Å². The minimum Gasteiger partial charge on any atom is -0.481 e. The summed E-state index contributed by atoms with van der Waals surface area (Å²) in [5, 5.41) is 3.48. The fraction of sp³-hybridized carbons (Fsp3) is 0.750. The molecule has 1 rings (SSSR count). The monoisotopic (exact) mass is 295 g/mol. The van der Waals surface area contributed by atoms with Crippen molar-refractivity contribution in [2.75, 3.05) is 20.8 Å². The molecule has 21 heavy (non-hydrogen) atoms. The van der Waals surface area contributed by atoms with Crippen molar-refractivity contribution in [2.45, 2.75) is 53.0 Å². The molecule has 0 unspecified atom stereocenters. The number of nitrogens with one attached hydrogen (secondary N) is 1. The van der Waals surface area contributed by atoms with E-state index in [-0.39, 0.29) is 5.41 Å². The van der Waals surface area contributed by atoms with Gasteiger partial charge >= 0.3 is 0 Å². The Morgan fingerprint density at radius 2 is 1.71 bits per heavy atom. The summed E-state index contributed by atoms with van der Waals surface area (Å²) in [6.45, 7) is 8.42. The van der Waals surface area contributed by atoms with Crippen molar-refractivity contribution in [1.29, 1.82) is 0 Å². The van der Waals surface area contributed by atoms with Crippen LogP contribution >= 0.6 is 0 Å². The number of unbranched alkanes of at least 4 members (excludes halogenated alkanes) is 2. The minimum atomic E-state index is 0.283. The third-order valence-electron chi connectivity index (χ3n) is 3.62. The third kappa shape index (κ3) is 5.87. The van der Waals surface area contributed by atoms with Crippen LogP contribution in [0, 0.1) is 5.41 Å². The van der Waals surface area contributed by atoms with Crippen LogP contribution in [0.25, 0.3) is 0 Å². The van der Waals surface area contributed by atoms with E-state index < -0.39 is 0 Å². The van der Waals surface area contributed by atoms with E-state index in [4.69, 9.17) is 9.47 Å². The van der Waals surface area contributed by atoms with Crippen LogP contribution in [0.1, 0.15) is 52.0 Å². The number of aromatic nitrogens is 2. The first kappa shape index (κ1) is 17.7. The number of rotatable bonds is 10. The lowest BCUT2D eigenvalue weighted by molar-refractivity contribution is 0.297. The molecule has 120 valence electrons. The Kier molecular flexibility index (Phi) is 7.43. The van der Waals surface area contributed by atoms with Crippen molar-refractivity contribution < 1.29 is 9.47 Å². The molecule has 1 aromatic heterocycles.